The van der Waals surface area contributed by atoms with Gasteiger partial charge in [-0.1, -0.05) is 25.4 Å². The third-order valence-corrected chi connectivity index (χ3v) is 5.22. The van der Waals surface area contributed by atoms with Gasteiger partial charge in [0.05, 0.1) is 16.8 Å². The van der Waals surface area contributed by atoms with E-state index in [1.54, 1.807) is 18.2 Å². The number of ether oxygens (including phenoxy) is 1. The van der Waals surface area contributed by atoms with E-state index in [9.17, 15) is 4.79 Å². The molecular weight excluding hydrogens is 288 g/mol. The van der Waals surface area contributed by atoms with Gasteiger partial charge in [0.2, 0.25) is 5.91 Å². The Hall–Kier alpha value is -1.26. The predicted molar refractivity (Wildman–Crippen MR) is 83.6 cm³/mol. The van der Waals surface area contributed by atoms with E-state index in [-0.39, 0.29) is 5.41 Å². The number of nitrogens with one attached hydrogen (secondary N) is 1. The van der Waals surface area contributed by atoms with Crippen molar-refractivity contribution < 1.29 is 9.53 Å². The van der Waals surface area contributed by atoms with Crippen molar-refractivity contribution in [3.05, 3.63) is 28.8 Å². The minimum atomic E-state index is -0.443. The van der Waals surface area contributed by atoms with Crippen LogP contribution in [0, 0.1) is 11.3 Å². The highest BCUT2D eigenvalue weighted by atomic mass is 35.5. The largest absolute Gasteiger partial charge is 0.380 e. The Bertz CT molecular complexity index is 573. The van der Waals surface area contributed by atoms with Crippen LogP contribution >= 0.6 is 11.6 Å². The van der Waals surface area contributed by atoms with Gasteiger partial charge in [0.15, 0.2) is 0 Å². The van der Waals surface area contributed by atoms with Gasteiger partial charge in [-0.25, -0.2) is 0 Å². The average molecular weight is 309 g/mol. The van der Waals surface area contributed by atoms with Gasteiger partial charge in [0.1, 0.15) is 0 Å². The van der Waals surface area contributed by atoms with E-state index >= 15 is 0 Å². The number of benzene rings is 1. The number of rotatable bonds is 3. The van der Waals surface area contributed by atoms with Crippen LogP contribution in [0.15, 0.2) is 18.2 Å². The summed E-state index contributed by atoms with van der Waals surface area (Å²) >= 11 is 6.25. The highest BCUT2D eigenvalue weighted by Gasteiger charge is 2.57. The van der Waals surface area contributed by atoms with E-state index in [2.05, 4.69) is 19.2 Å². The van der Waals surface area contributed by atoms with Crippen LogP contribution in [0.1, 0.15) is 37.0 Å². The Labute approximate surface area is 130 Å². The Morgan fingerprint density at radius 1 is 1.48 bits per heavy atom. The molecule has 3 unspecified atom stereocenters. The summed E-state index contributed by atoms with van der Waals surface area (Å²) in [4.78, 5) is 11.3. The van der Waals surface area contributed by atoms with Crippen molar-refractivity contribution in [3.8, 4) is 0 Å². The molecule has 3 atom stereocenters. The molecule has 1 aliphatic heterocycles. The monoisotopic (exact) mass is 308 g/mol. The molecule has 3 rings (SSSR count). The molecule has 0 aromatic heterocycles. The maximum absolute atomic E-state index is 11.3. The first kappa shape index (κ1) is 14.7. The van der Waals surface area contributed by atoms with Crippen molar-refractivity contribution in [3.63, 3.8) is 0 Å². The fourth-order valence-corrected chi connectivity index (χ4v) is 3.94. The van der Waals surface area contributed by atoms with Crippen LogP contribution < -0.4 is 11.1 Å². The number of fused-ring (bicyclic) bond motifs is 1. The smallest absolute Gasteiger partial charge is 0.248 e. The van der Waals surface area contributed by atoms with E-state index in [1.165, 1.54) is 6.42 Å². The van der Waals surface area contributed by atoms with Gasteiger partial charge < -0.3 is 15.8 Å². The van der Waals surface area contributed by atoms with E-state index in [1.807, 2.05) is 0 Å². The molecule has 114 valence electrons. The lowest BCUT2D eigenvalue weighted by atomic mass is 9.55. The number of primary amides is 1. The molecule has 21 heavy (non-hydrogen) atoms. The Balaban J connectivity index is 1.83. The van der Waals surface area contributed by atoms with E-state index in [0.717, 1.165) is 18.7 Å². The normalized spacial score (nSPS) is 30.1. The lowest BCUT2D eigenvalue weighted by Gasteiger charge is -2.60. The second-order valence-corrected chi connectivity index (χ2v) is 7.01. The molecule has 5 heteroatoms. The van der Waals surface area contributed by atoms with Gasteiger partial charge in [-0.15, -0.1) is 0 Å². The molecule has 2 fully saturated rings. The molecule has 2 aliphatic rings. The molecule has 1 aromatic carbocycles. The van der Waals surface area contributed by atoms with Crippen LogP contribution in [0.5, 0.6) is 0 Å². The average Bonchev–Trinajstić information content (AvgIpc) is 2.46. The first-order valence-corrected chi connectivity index (χ1v) is 7.76. The van der Waals surface area contributed by atoms with Crippen LogP contribution in [0.2, 0.25) is 5.02 Å². The van der Waals surface area contributed by atoms with Crippen LogP contribution in [0.3, 0.4) is 0 Å². The van der Waals surface area contributed by atoms with Crippen LogP contribution in [0.4, 0.5) is 5.69 Å². The number of carbonyl (C=O) groups excluding carboxylic acids is 1. The molecule has 1 aliphatic carbocycles. The summed E-state index contributed by atoms with van der Waals surface area (Å²) in [6.45, 7) is 5.28. The number of hydrogen-bond donors (Lipinski definition) is 2. The molecule has 0 bridgehead atoms. The Morgan fingerprint density at radius 3 is 2.95 bits per heavy atom. The zero-order chi connectivity index (χ0) is 15.2. The summed E-state index contributed by atoms with van der Waals surface area (Å²) in [6.07, 6.45) is 2.57. The molecule has 0 radical (unpaired) electrons. The maximum atomic E-state index is 11.3. The minimum absolute atomic E-state index is 0.0527. The number of nitrogens with two attached hydrogens (primary N) is 1. The van der Waals surface area contributed by atoms with E-state index in [4.69, 9.17) is 22.1 Å². The Kier molecular flexibility index (Phi) is 3.62. The van der Waals surface area contributed by atoms with E-state index in [0.29, 0.717) is 28.6 Å². The minimum Gasteiger partial charge on any atom is -0.380 e. The second-order valence-electron chi connectivity index (χ2n) is 6.60. The summed E-state index contributed by atoms with van der Waals surface area (Å²) in [7, 11) is 0. The molecule has 0 spiro atoms. The zero-order valence-corrected chi connectivity index (χ0v) is 13.1. The molecule has 1 heterocycles. The first-order chi connectivity index (χ1) is 9.91. The standard InChI is InChI=1S/C16H21ClN2O2/c1-16(2)13(10-4-3-7-21-14(10)16)19-12-8-9(15(18)20)5-6-11(12)17/h5-6,8,10,13-14,19H,3-4,7H2,1-2H3,(H2,18,20). The summed E-state index contributed by atoms with van der Waals surface area (Å²) in [5.41, 5.74) is 6.63. The summed E-state index contributed by atoms with van der Waals surface area (Å²) in [5.74, 6) is 0.0588. The fraction of sp³-hybridized carbons (Fsp3) is 0.562. The predicted octanol–water partition coefficient (Wildman–Crippen LogP) is 3.05. The van der Waals surface area contributed by atoms with Gasteiger partial charge in [0, 0.05) is 29.5 Å². The van der Waals surface area contributed by atoms with Gasteiger partial charge in [0.25, 0.3) is 0 Å². The number of hydrogen-bond acceptors (Lipinski definition) is 3. The van der Waals surface area contributed by atoms with Crippen LogP contribution in [0.25, 0.3) is 0 Å². The molecule has 3 N–H and O–H groups in total. The second kappa shape index (κ2) is 5.18. The van der Waals surface area contributed by atoms with Gasteiger partial charge >= 0.3 is 0 Å². The Morgan fingerprint density at radius 2 is 2.24 bits per heavy atom. The number of halogens is 1. The van der Waals surface area contributed by atoms with Crippen molar-refractivity contribution >= 4 is 23.2 Å². The molecule has 1 amide bonds. The SMILES string of the molecule is CC1(C)C(Nc2cc(C(N)=O)ccc2Cl)C2CCCOC21. The summed E-state index contributed by atoms with van der Waals surface area (Å²) in [6, 6.07) is 5.39. The zero-order valence-electron chi connectivity index (χ0n) is 12.4. The molecule has 4 nitrogen and oxygen atoms in total. The van der Waals surface area contributed by atoms with Gasteiger partial charge in [-0.3, -0.25) is 4.79 Å². The third-order valence-electron chi connectivity index (χ3n) is 4.89. The third kappa shape index (κ3) is 2.40. The summed E-state index contributed by atoms with van der Waals surface area (Å²) in [5, 5.41) is 4.12. The van der Waals surface area contributed by atoms with Gasteiger partial charge in [-0.2, -0.15) is 0 Å². The topological polar surface area (TPSA) is 64.3 Å². The summed E-state index contributed by atoms with van der Waals surface area (Å²) < 4.78 is 5.91. The van der Waals surface area contributed by atoms with Crippen molar-refractivity contribution in [2.45, 2.75) is 38.8 Å². The quantitative estimate of drug-likeness (QED) is 0.902. The van der Waals surface area contributed by atoms with Crippen LogP contribution in [-0.4, -0.2) is 24.7 Å². The number of amides is 1. The van der Waals surface area contributed by atoms with Crippen molar-refractivity contribution in [2.24, 2.45) is 17.1 Å². The van der Waals surface area contributed by atoms with Crippen molar-refractivity contribution in [1.29, 1.82) is 0 Å². The number of anilines is 1. The molecule has 1 saturated carbocycles. The van der Waals surface area contributed by atoms with Crippen molar-refractivity contribution in [1.82, 2.24) is 0 Å². The first-order valence-electron chi connectivity index (χ1n) is 7.39. The van der Waals surface area contributed by atoms with Crippen LogP contribution in [-0.2, 0) is 4.74 Å². The maximum Gasteiger partial charge on any atom is 0.248 e. The highest BCUT2D eigenvalue weighted by molar-refractivity contribution is 6.33. The molecule has 1 aromatic rings. The van der Waals surface area contributed by atoms with Gasteiger partial charge in [-0.05, 0) is 31.0 Å². The number of carbonyl (C=O) groups is 1. The lowest BCUT2D eigenvalue weighted by molar-refractivity contribution is -0.177. The highest BCUT2D eigenvalue weighted by Crippen LogP contribution is 2.52. The molecular formula is C16H21ClN2O2. The molecule has 1 saturated heterocycles. The van der Waals surface area contributed by atoms with E-state index < -0.39 is 5.91 Å². The lowest BCUT2D eigenvalue weighted by Crippen LogP contribution is -2.67. The van der Waals surface area contributed by atoms with Crippen molar-refractivity contribution in [2.75, 3.05) is 11.9 Å². The fourth-order valence-electron chi connectivity index (χ4n) is 3.77.